The van der Waals surface area contributed by atoms with Crippen LogP contribution in [0.3, 0.4) is 0 Å². The van der Waals surface area contributed by atoms with Gasteiger partial charge in [0.25, 0.3) is 0 Å². The van der Waals surface area contributed by atoms with Crippen LogP contribution < -0.4 is 21.7 Å². The second kappa shape index (κ2) is 10.7. The number of amides is 3. The molecule has 3 amide bonds. The predicted molar refractivity (Wildman–Crippen MR) is 160 cm³/mol. The number of hydrogen-bond donors (Lipinski definition) is 5. The number of fused-ring (bicyclic) bond motifs is 4. The number of hydrogen-bond acceptors (Lipinski definition) is 3. The molecule has 5 aromatic rings. The summed E-state index contributed by atoms with van der Waals surface area (Å²) in [5.74, 6) is -0.297. The molecular weight excluding hydrogens is 498 g/mol. The number of aromatic nitrogens is 1. The molecule has 0 bridgehead atoms. The van der Waals surface area contributed by atoms with Gasteiger partial charge in [0.15, 0.2) is 0 Å². The second-order valence-electron chi connectivity index (χ2n) is 10.3. The molecule has 1 atom stereocenters. The van der Waals surface area contributed by atoms with Gasteiger partial charge in [-0.2, -0.15) is 0 Å². The van der Waals surface area contributed by atoms with Crippen molar-refractivity contribution in [1.82, 2.24) is 10.3 Å². The molecule has 7 heteroatoms. The molecule has 1 heterocycles. The SMILES string of the molecule is Cc1cc2cc(NC(=O)C(Cc3ccc(CN)cc3)NC(=O)Nc3ccc4c(c3)Cc3ccccc3-4)ccc2[nH]1. The second-order valence-corrected chi connectivity index (χ2v) is 10.3. The van der Waals surface area contributed by atoms with Crippen LogP contribution in [0.1, 0.15) is 27.9 Å². The molecule has 0 spiro atoms. The lowest BCUT2D eigenvalue weighted by atomic mass is 10.0. The number of nitrogens with one attached hydrogen (secondary N) is 4. The van der Waals surface area contributed by atoms with Crippen LogP contribution in [0, 0.1) is 6.92 Å². The van der Waals surface area contributed by atoms with Crippen molar-refractivity contribution in [2.75, 3.05) is 10.6 Å². The van der Waals surface area contributed by atoms with E-state index < -0.39 is 12.1 Å². The molecule has 40 heavy (non-hydrogen) atoms. The number of carbonyl (C=O) groups excluding carboxylic acids is 2. The monoisotopic (exact) mass is 529 g/mol. The van der Waals surface area contributed by atoms with Gasteiger partial charge in [-0.25, -0.2) is 4.79 Å². The van der Waals surface area contributed by atoms with Crippen molar-refractivity contribution in [2.45, 2.75) is 32.4 Å². The predicted octanol–water partition coefficient (Wildman–Crippen LogP) is 5.88. The fourth-order valence-electron chi connectivity index (χ4n) is 5.39. The van der Waals surface area contributed by atoms with Crippen molar-refractivity contribution in [2.24, 2.45) is 5.73 Å². The first-order valence-electron chi connectivity index (χ1n) is 13.4. The van der Waals surface area contributed by atoms with E-state index in [1.807, 2.05) is 85.8 Å². The summed E-state index contributed by atoms with van der Waals surface area (Å²) in [7, 11) is 0. The van der Waals surface area contributed by atoms with Crippen LogP contribution in [0.15, 0.2) is 91.0 Å². The minimum Gasteiger partial charge on any atom is -0.359 e. The van der Waals surface area contributed by atoms with E-state index in [-0.39, 0.29) is 5.91 Å². The van der Waals surface area contributed by atoms with Crippen molar-refractivity contribution in [3.05, 3.63) is 119 Å². The highest BCUT2D eigenvalue weighted by Crippen LogP contribution is 2.37. The Morgan fingerprint density at radius 2 is 1.55 bits per heavy atom. The topological polar surface area (TPSA) is 112 Å². The Balaban J connectivity index is 1.19. The minimum atomic E-state index is -0.800. The molecule has 1 aliphatic rings. The maximum atomic E-state index is 13.5. The lowest BCUT2D eigenvalue weighted by Gasteiger charge is -2.19. The molecule has 1 aromatic heterocycles. The van der Waals surface area contributed by atoms with E-state index in [4.69, 9.17) is 5.73 Å². The van der Waals surface area contributed by atoms with E-state index in [1.54, 1.807) is 0 Å². The Labute approximate surface area is 232 Å². The maximum Gasteiger partial charge on any atom is 0.319 e. The Kier molecular flexibility index (Phi) is 6.80. The molecule has 0 aliphatic heterocycles. The van der Waals surface area contributed by atoms with Gasteiger partial charge in [-0.1, -0.05) is 54.6 Å². The summed E-state index contributed by atoms with van der Waals surface area (Å²) >= 11 is 0. The van der Waals surface area contributed by atoms with Crippen LogP contribution in [0.2, 0.25) is 0 Å². The van der Waals surface area contributed by atoms with Crippen molar-refractivity contribution in [3.63, 3.8) is 0 Å². The molecule has 1 unspecified atom stereocenters. The van der Waals surface area contributed by atoms with Crippen LogP contribution in [0.25, 0.3) is 22.0 Å². The Bertz CT molecular complexity index is 1720. The summed E-state index contributed by atoms with van der Waals surface area (Å²) in [4.78, 5) is 29.9. The van der Waals surface area contributed by atoms with Crippen LogP contribution in [0.5, 0.6) is 0 Å². The highest BCUT2D eigenvalue weighted by molar-refractivity contribution is 6.00. The third-order valence-electron chi connectivity index (χ3n) is 7.39. The van der Waals surface area contributed by atoms with Gasteiger partial charge >= 0.3 is 6.03 Å². The number of carbonyl (C=O) groups is 2. The van der Waals surface area contributed by atoms with Crippen LogP contribution in [0.4, 0.5) is 16.2 Å². The third kappa shape index (κ3) is 5.32. The smallest absolute Gasteiger partial charge is 0.319 e. The molecule has 1 aliphatic carbocycles. The summed E-state index contributed by atoms with van der Waals surface area (Å²) in [6.07, 6.45) is 1.16. The third-order valence-corrected chi connectivity index (χ3v) is 7.39. The van der Waals surface area contributed by atoms with E-state index >= 15 is 0 Å². The fourth-order valence-corrected chi connectivity index (χ4v) is 5.39. The zero-order chi connectivity index (χ0) is 27.6. The molecule has 7 nitrogen and oxygen atoms in total. The van der Waals surface area contributed by atoms with Gasteiger partial charge < -0.3 is 26.7 Å². The molecule has 6 N–H and O–H groups in total. The number of rotatable bonds is 7. The Morgan fingerprint density at radius 1 is 0.825 bits per heavy atom. The summed E-state index contributed by atoms with van der Waals surface area (Å²) in [6, 6.07) is 28.5. The first kappa shape index (κ1) is 25.4. The quantitative estimate of drug-likeness (QED) is 0.178. The normalized spacial score (nSPS) is 12.4. The number of H-pyrrole nitrogens is 1. The number of aromatic amines is 1. The highest BCUT2D eigenvalue weighted by atomic mass is 16.2. The zero-order valence-electron chi connectivity index (χ0n) is 22.3. The van der Waals surface area contributed by atoms with E-state index in [1.165, 1.54) is 22.3 Å². The van der Waals surface area contributed by atoms with Crippen molar-refractivity contribution in [1.29, 1.82) is 0 Å². The van der Waals surface area contributed by atoms with Crippen LogP contribution >= 0.6 is 0 Å². The molecule has 0 saturated heterocycles. The molecule has 0 fully saturated rings. The van der Waals surface area contributed by atoms with Crippen molar-refractivity contribution in [3.8, 4) is 11.1 Å². The van der Waals surface area contributed by atoms with E-state index in [9.17, 15) is 9.59 Å². The summed E-state index contributed by atoms with van der Waals surface area (Å²) < 4.78 is 0. The molecule has 0 saturated carbocycles. The van der Waals surface area contributed by atoms with Gasteiger partial charge in [-0.15, -0.1) is 0 Å². The number of benzene rings is 4. The van der Waals surface area contributed by atoms with Gasteiger partial charge in [0.05, 0.1) is 0 Å². The summed E-state index contributed by atoms with van der Waals surface area (Å²) in [5.41, 5.74) is 15.9. The van der Waals surface area contributed by atoms with Crippen LogP contribution in [-0.4, -0.2) is 23.0 Å². The average molecular weight is 530 g/mol. The largest absolute Gasteiger partial charge is 0.359 e. The Morgan fingerprint density at radius 3 is 2.38 bits per heavy atom. The van der Waals surface area contributed by atoms with E-state index in [2.05, 4.69) is 33.1 Å². The van der Waals surface area contributed by atoms with E-state index in [0.29, 0.717) is 24.3 Å². The standard InChI is InChI=1S/C33H31N5O2/c1-20-14-25-18-26(11-13-30(25)35-20)36-32(39)31(15-21-6-8-22(19-34)9-7-21)38-33(40)37-27-10-12-29-24(17-27)16-23-4-2-3-5-28(23)29/h2-14,17-18,31,35H,15-16,19,34H2,1H3,(H,36,39)(H2,37,38,40). The van der Waals surface area contributed by atoms with Gasteiger partial charge in [0.1, 0.15) is 6.04 Å². The van der Waals surface area contributed by atoms with Gasteiger partial charge in [-0.05, 0) is 83.1 Å². The minimum absolute atomic E-state index is 0.297. The highest BCUT2D eigenvalue weighted by Gasteiger charge is 2.23. The Hall–Kier alpha value is -4.88. The molecule has 4 aromatic carbocycles. The number of urea groups is 1. The summed E-state index contributed by atoms with van der Waals surface area (Å²) in [6.45, 7) is 2.43. The van der Waals surface area contributed by atoms with E-state index in [0.717, 1.165) is 34.1 Å². The first-order chi connectivity index (χ1) is 19.4. The molecule has 0 radical (unpaired) electrons. The number of anilines is 2. The number of aryl methyl sites for hydroxylation is 1. The van der Waals surface area contributed by atoms with Gasteiger partial charge in [0, 0.05) is 40.9 Å². The average Bonchev–Trinajstić information content (AvgIpc) is 3.51. The summed E-state index contributed by atoms with van der Waals surface area (Å²) in [5, 5.41) is 9.82. The van der Waals surface area contributed by atoms with Crippen molar-refractivity contribution >= 4 is 34.2 Å². The van der Waals surface area contributed by atoms with Crippen molar-refractivity contribution < 1.29 is 9.59 Å². The number of nitrogens with two attached hydrogens (primary N) is 1. The maximum absolute atomic E-state index is 13.5. The fraction of sp³-hybridized carbons (Fsp3) is 0.152. The molecule has 6 rings (SSSR count). The van der Waals surface area contributed by atoms with Gasteiger partial charge in [0.2, 0.25) is 5.91 Å². The lowest BCUT2D eigenvalue weighted by molar-refractivity contribution is -0.117. The zero-order valence-corrected chi connectivity index (χ0v) is 22.3. The van der Waals surface area contributed by atoms with Crippen LogP contribution in [-0.2, 0) is 24.2 Å². The first-order valence-corrected chi connectivity index (χ1v) is 13.4. The van der Waals surface area contributed by atoms with Gasteiger partial charge in [-0.3, -0.25) is 4.79 Å². The molecular formula is C33H31N5O2. The molecule has 200 valence electrons. The lowest BCUT2D eigenvalue weighted by Crippen LogP contribution is -2.46.